The molecule has 2 fully saturated rings. The van der Waals surface area contributed by atoms with Gasteiger partial charge in [0.05, 0.1) is 13.7 Å². The topological polar surface area (TPSA) is 62.3 Å². The van der Waals surface area contributed by atoms with Gasteiger partial charge in [-0.3, -0.25) is 9.69 Å². The van der Waals surface area contributed by atoms with E-state index in [1.54, 1.807) is 7.11 Å². The molecule has 0 aromatic heterocycles. The van der Waals surface area contributed by atoms with Gasteiger partial charge in [0.2, 0.25) is 5.91 Å². The molecule has 0 saturated carbocycles. The number of nitrogens with zero attached hydrogens (tertiary/aromatic N) is 3. The first-order valence-corrected chi connectivity index (χ1v) is 8.18. The minimum atomic E-state index is -0.395. The van der Waals surface area contributed by atoms with Crippen molar-refractivity contribution in [2.24, 2.45) is 0 Å². The standard InChI is InChI=1S/C17H23N3O4/c1-13-11-18(14-3-5-15(23-2)6-4-14)7-8-20(13)16(21)12-19-9-10-24-17(19)22/h3-6,13H,7-12H2,1-2H3/t13-/m1/s1. The van der Waals surface area contributed by atoms with Gasteiger partial charge in [0.1, 0.15) is 18.9 Å². The molecule has 2 aliphatic rings. The van der Waals surface area contributed by atoms with Gasteiger partial charge in [-0.1, -0.05) is 0 Å². The smallest absolute Gasteiger partial charge is 0.410 e. The largest absolute Gasteiger partial charge is 0.497 e. The fraction of sp³-hybridized carbons (Fsp3) is 0.529. The lowest BCUT2D eigenvalue weighted by Crippen LogP contribution is -2.56. The lowest BCUT2D eigenvalue weighted by Gasteiger charge is -2.41. The monoisotopic (exact) mass is 333 g/mol. The Hall–Kier alpha value is -2.44. The van der Waals surface area contributed by atoms with Gasteiger partial charge in [0, 0.05) is 31.4 Å². The SMILES string of the molecule is COc1ccc(N2CCN(C(=O)CN3CCOC3=O)[C@H](C)C2)cc1. The number of piperazine rings is 1. The fourth-order valence-corrected chi connectivity index (χ4v) is 3.18. The molecule has 7 heteroatoms. The molecule has 0 radical (unpaired) electrons. The molecule has 1 aromatic carbocycles. The number of hydrogen-bond donors (Lipinski definition) is 0. The van der Waals surface area contributed by atoms with Crippen LogP contribution in [0.2, 0.25) is 0 Å². The number of hydrogen-bond acceptors (Lipinski definition) is 5. The molecule has 3 rings (SSSR count). The third kappa shape index (κ3) is 3.39. The van der Waals surface area contributed by atoms with Gasteiger partial charge >= 0.3 is 6.09 Å². The van der Waals surface area contributed by atoms with Gasteiger partial charge in [-0.15, -0.1) is 0 Å². The number of amides is 2. The summed E-state index contributed by atoms with van der Waals surface area (Å²) in [5.41, 5.74) is 1.12. The lowest BCUT2D eigenvalue weighted by molar-refractivity contribution is -0.134. The molecule has 1 aromatic rings. The van der Waals surface area contributed by atoms with Gasteiger partial charge in [0.15, 0.2) is 0 Å². The number of benzene rings is 1. The van der Waals surface area contributed by atoms with Crippen molar-refractivity contribution < 1.29 is 19.1 Å². The third-order valence-electron chi connectivity index (χ3n) is 4.56. The zero-order valence-electron chi connectivity index (χ0n) is 14.1. The lowest BCUT2D eigenvalue weighted by atomic mass is 10.1. The summed E-state index contributed by atoms with van der Waals surface area (Å²) in [5, 5.41) is 0. The molecule has 2 aliphatic heterocycles. The first-order valence-electron chi connectivity index (χ1n) is 8.18. The average molecular weight is 333 g/mol. The Morgan fingerprint density at radius 1 is 1.25 bits per heavy atom. The Kier molecular flexibility index (Phi) is 4.78. The number of ether oxygens (including phenoxy) is 2. The number of carbonyl (C=O) groups is 2. The van der Waals surface area contributed by atoms with Crippen LogP contribution in [0.4, 0.5) is 10.5 Å². The summed E-state index contributed by atoms with van der Waals surface area (Å²) >= 11 is 0. The van der Waals surface area contributed by atoms with Crippen molar-refractivity contribution in [2.45, 2.75) is 13.0 Å². The second-order valence-electron chi connectivity index (χ2n) is 6.12. The summed E-state index contributed by atoms with van der Waals surface area (Å²) in [4.78, 5) is 29.5. The Morgan fingerprint density at radius 2 is 2.00 bits per heavy atom. The Morgan fingerprint density at radius 3 is 2.58 bits per heavy atom. The first-order chi connectivity index (χ1) is 11.6. The molecule has 7 nitrogen and oxygen atoms in total. The van der Waals surface area contributed by atoms with Crippen molar-refractivity contribution in [1.82, 2.24) is 9.80 Å². The van der Waals surface area contributed by atoms with E-state index >= 15 is 0 Å². The van der Waals surface area contributed by atoms with Crippen molar-refractivity contribution in [3.05, 3.63) is 24.3 Å². The van der Waals surface area contributed by atoms with Crippen molar-refractivity contribution in [1.29, 1.82) is 0 Å². The maximum absolute atomic E-state index is 12.5. The summed E-state index contributed by atoms with van der Waals surface area (Å²) in [7, 11) is 1.65. The van der Waals surface area contributed by atoms with Crippen LogP contribution >= 0.6 is 0 Å². The van der Waals surface area contributed by atoms with E-state index in [0.29, 0.717) is 19.7 Å². The predicted octanol–water partition coefficient (Wildman–Crippen LogP) is 1.18. The molecule has 2 amide bonds. The predicted molar refractivity (Wildman–Crippen MR) is 89.3 cm³/mol. The molecule has 0 bridgehead atoms. The number of anilines is 1. The quantitative estimate of drug-likeness (QED) is 0.828. The molecule has 1 atom stereocenters. The van der Waals surface area contributed by atoms with E-state index in [-0.39, 0.29) is 18.5 Å². The highest BCUT2D eigenvalue weighted by atomic mass is 16.6. The van der Waals surface area contributed by atoms with Crippen LogP contribution in [-0.4, -0.2) is 74.3 Å². The summed E-state index contributed by atoms with van der Waals surface area (Å²) in [5.74, 6) is 0.814. The number of rotatable bonds is 4. The van der Waals surface area contributed by atoms with Crippen molar-refractivity contribution in [3.8, 4) is 5.75 Å². The van der Waals surface area contributed by atoms with Crippen molar-refractivity contribution >= 4 is 17.7 Å². The van der Waals surface area contributed by atoms with Gasteiger partial charge in [-0.2, -0.15) is 0 Å². The molecule has 24 heavy (non-hydrogen) atoms. The minimum absolute atomic E-state index is 0.0178. The van der Waals surface area contributed by atoms with Crippen LogP contribution < -0.4 is 9.64 Å². The molecule has 0 spiro atoms. The van der Waals surface area contributed by atoms with Crippen LogP contribution in [0, 0.1) is 0 Å². The number of cyclic esters (lactones) is 1. The van der Waals surface area contributed by atoms with Crippen LogP contribution in [0.25, 0.3) is 0 Å². The molecular weight excluding hydrogens is 310 g/mol. The van der Waals surface area contributed by atoms with Crippen molar-refractivity contribution in [3.63, 3.8) is 0 Å². The van der Waals surface area contributed by atoms with Gasteiger partial charge < -0.3 is 19.3 Å². The van der Waals surface area contributed by atoms with Gasteiger partial charge in [-0.05, 0) is 31.2 Å². The molecule has 2 heterocycles. The van der Waals surface area contributed by atoms with E-state index < -0.39 is 6.09 Å². The zero-order chi connectivity index (χ0) is 17.1. The fourth-order valence-electron chi connectivity index (χ4n) is 3.18. The second-order valence-corrected chi connectivity index (χ2v) is 6.12. The Bertz CT molecular complexity index is 604. The maximum atomic E-state index is 12.5. The molecule has 0 unspecified atom stereocenters. The molecule has 130 valence electrons. The highest BCUT2D eigenvalue weighted by molar-refractivity contribution is 5.83. The number of carbonyl (C=O) groups excluding carboxylic acids is 2. The van der Waals surface area contributed by atoms with Crippen LogP contribution in [0.1, 0.15) is 6.92 Å². The van der Waals surface area contributed by atoms with E-state index in [0.717, 1.165) is 24.5 Å². The van der Waals surface area contributed by atoms with E-state index in [4.69, 9.17) is 9.47 Å². The van der Waals surface area contributed by atoms with Crippen LogP contribution in [0.5, 0.6) is 5.75 Å². The summed E-state index contributed by atoms with van der Waals surface area (Å²) in [6, 6.07) is 8.03. The highest BCUT2D eigenvalue weighted by Gasteiger charge is 2.31. The van der Waals surface area contributed by atoms with Crippen molar-refractivity contribution in [2.75, 3.05) is 51.3 Å². The van der Waals surface area contributed by atoms with E-state index in [1.165, 1.54) is 4.90 Å². The highest BCUT2D eigenvalue weighted by Crippen LogP contribution is 2.22. The first kappa shape index (κ1) is 16.4. The average Bonchev–Trinajstić information content (AvgIpc) is 2.99. The number of methoxy groups -OCH3 is 1. The molecule has 0 N–H and O–H groups in total. The Balaban J connectivity index is 1.58. The van der Waals surface area contributed by atoms with E-state index in [1.807, 2.05) is 36.1 Å². The van der Waals surface area contributed by atoms with Gasteiger partial charge in [0.25, 0.3) is 0 Å². The van der Waals surface area contributed by atoms with Crippen LogP contribution in [-0.2, 0) is 9.53 Å². The normalized spacial score (nSPS) is 21.0. The summed E-state index contributed by atoms with van der Waals surface area (Å²) < 4.78 is 10.1. The molecule has 0 aliphatic carbocycles. The Labute approximate surface area is 141 Å². The molecule has 2 saturated heterocycles. The third-order valence-corrected chi connectivity index (χ3v) is 4.56. The maximum Gasteiger partial charge on any atom is 0.410 e. The summed E-state index contributed by atoms with van der Waals surface area (Å²) in [6.45, 7) is 5.18. The van der Waals surface area contributed by atoms with Crippen LogP contribution in [0.15, 0.2) is 24.3 Å². The van der Waals surface area contributed by atoms with E-state index in [9.17, 15) is 9.59 Å². The zero-order valence-corrected chi connectivity index (χ0v) is 14.1. The van der Waals surface area contributed by atoms with Crippen LogP contribution in [0.3, 0.4) is 0 Å². The second kappa shape index (κ2) is 6.98. The summed E-state index contributed by atoms with van der Waals surface area (Å²) in [6.07, 6.45) is -0.395. The van der Waals surface area contributed by atoms with Gasteiger partial charge in [-0.25, -0.2) is 4.79 Å². The minimum Gasteiger partial charge on any atom is -0.497 e. The van der Waals surface area contributed by atoms with E-state index in [2.05, 4.69) is 4.90 Å². The molecular formula is C17H23N3O4.